The van der Waals surface area contributed by atoms with Crippen LogP contribution in [0.3, 0.4) is 0 Å². The van der Waals surface area contributed by atoms with Gasteiger partial charge in [-0.3, -0.25) is 9.59 Å². The fraction of sp³-hybridized carbons (Fsp3) is 0.968. The number of aliphatic hydroxyl groups is 2. The summed E-state index contributed by atoms with van der Waals surface area (Å²) in [6.07, 6.45) is 69.8. The molecule has 0 aromatic heterocycles. The Bertz CT molecular complexity index is 990. The Kier molecular flexibility index (Phi) is 58.4. The van der Waals surface area contributed by atoms with E-state index in [1.807, 2.05) is 0 Å². The van der Waals surface area contributed by atoms with E-state index < -0.39 is 12.1 Å². The second-order valence-electron chi connectivity index (χ2n) is 22.1. The minimum Gasteiger partial charge on any atom is -0.466 e. The molecule has 0 fully saturated rings. The summed E-state index contributed by atoms with van der Waals surface area (Å²) >= 11 is 0. The molecule has 0 aliphatic heterocycles. The third-order valence-electron chi connectivity index (χ3n) is 15.2. The minimum atomic E-state index is -0.661. The zero-order valence-electron chi connectivity index (χ0n) is 47.1. The predicted octanol–water partition coefficient (Wildman–Crippen LogP) is 19.9. The molecule has 0 rings (SSSR count). The van der Waals surface area contributed by atoms with E-state index in [2.05, 4.69) is 19.2 Å². The highest BCUT2D eigenvalue weighted by molar-refractivity contribution is 5.76. The maximum Gasteiger partial charge on any atom is 0.305 e. The maximum absolute atomic E-state index is 12.5. The number of amides is 1. The van der Waals surface area contributed by atoms with Gasteiger partial charge in [0.1, 0.15) is 0 Å². The second kappa shape index (κ2) is 59.4. The Morgan fingerprint density at radius 2 is 0.594 bits per heavy atom. The molecule has 0 heterocycles. The lowest BCUT2D eigenvalue weighted by Gasteiger charge is -2.22. The van der Waals surface area contributed by atoms with Gasteiger partial charge in [0.15, 0.2) is 0 Å². The molecule has 0 saturated carbocycles. The van der Waals surface area contributed by atoms with Crippen LogP contribution in [0.4, 0.5) is 0 Å². The van der Waals surface area contributed by atoms with Crippen LogP contribution in [0.25, 0.3) is 0 Å². The number of carbonyl (C=O) groups is 2. The molecule has 0 bridgehead atoms. The van der Waals surface area contributed by atoms with Gasteiger partial charge in [-0.2, -0.15) is 0 Å². The molecule has 6 heteroatoms. The molecule has 0 radical (unpaired) electrons. The fourth-order valence-corrected chi connectivity index (χ4v) is 10.3. The minimum absolute atomic E-state index is 0.0196. The zero-order valence-corrected chi connectivity index (χ0v) is 47.1. The van der Waals surface area contributed by atoms with Crippen molar-refractivity contribution in [3.8, 4) is 0 Å². The predicted molar refractivity (Wildman–Crippen MR) is 301 cm³/mol. The normalized spacial score (nSPS) is 12.5. The number of nitrogens with one attached hydrogen (secondary N) is 1. The number of carbonyl (C=O) groups excluding carboxylic acids is 2. The Hall–Kier alpha value is -1.14. The van der Waals surface area contributed by atoms with Crippen LogP contribution in [0.15, 0.2) is 0 Å². The number of ether oxygens (including phenoxy) is 1. The summed E-state index contributed by atoms with van der Waals surface area (Å²) < 4.78 is 5.49. The van der Waals surface area contributed by atoms with Gasteiger partial charge in [0.25, 0.3) is 0 Å². The van der Waals surface area contributed by atoms with Gasteiger partial charge in [-0.1, -0.05) is 328 Å². The number of esters is 1. The van der Waals surface area contributed by atoms with E-state index in [1.165, 1.54) is 295 Å². The molecule has 69 heavy (non-hydrogen) atoms. The molecule has 2 unspecified atom stereocenters. The Morgan fingerprint density at radius 1 is 0.348 bits per heavy atom. The van der Waals surface area contributed by atoms with Gasteiger partial charge in [-0.05, 0) is 25.7 Å². The Morgan fingerprint density at radius 3 is 0.884 bits per heavy atom. The van der Waals surface area contributed by atoms with Crippen molar-refractivity contribution in [2.75, 3.05) is 13.2 Å². The molecule has 2 atom stereocenters. The van der Waals surface area contributed by atoms with E-state index in [0.717, 1.165) is 38.5 Å². The van der Waals surface area contributed by atoms with Crippen molar-refractivity contribution in [3.05, 3.63) is 0 Å². The second-order valence-corrected chi connectivity index (χ2v) is 22.1. The van der Waals surface area contributed by atoms with Gasteiger partial charge < -0.3 is 20.3 Å². The zero-order chi connectivity index (χ0) is 50.0. The van der Waals surface area contributed by atoms with Gasteiger partial charge in [-0.25, -0.2) is 0 Å². The molecule has 6 nitrogen and oxygen atoms in total. The molecule has 0 aromatic carbocycles. The van der Waals surface area contributed by atoms with Crippen molar-refractivity contribution in [3.63, 3.8) is 0 Å². The average molecular weight is 977 g/mol. The van der Waals surface area contributed by atoms with E-state index in [0.29, 0.717) is 25.9 Å². The fourth-order valence-electron chi connectivity index (χ4n) is 10.3. The summed E-state index contributed by atoms with van der Waals surface area (Å²) in [6.45, 7) is 4.98. The highest BCUT2D eigenvalue weighted by atomic mass is 16.5. The van der Waals surface area contributed by atoms with Gasteiger partial charge >= 0.3 is 5.97 Å². The number of hydrogen-bond acceptors (Lipinski definition) is 5. The first-order valence-corrected chi connectivity index (χ1v) is 31.8. The first kappa shape index (κ1) is 67.9. The van der Waals surface area contributed by atoms with Crippen LogP contribution in [0, 0.1) is 0 Å². The van der Waals surface area contributed by atoms with E-state index in [-0.39, 0.29) is 18.5 Å². The summed E-state index contributed by atoms with van der Waals surface area (Å²) in [5.74, 6) is -0.0113. The number of aliphatic hydroxyl groups excluding tert-OH is 2. The van der Waals surface area contributed by atoms with Crippen LogP contribution in [-0.4, -0.2) is 47.4 Å². The van der Waals surface area contributed by atoms with Crippen molar-refractivity contribution >= 4 is 11.9 Å². The highest BCUT2D eigenvalue weighted by Gasteiger charge is 2.20. The Labute approximate surface area is 432 Å². The molecule has 412 valence electrons. The quantitative estimate of drug-likeness (QED) is 0.0417. The van der Waals surface area contributed by atoms with Crippen LogP contribution >= 0.6 is 0 Å². The third kappa shape index (κ3) is 56.0. The third-order valence-corrected chi connectivity index (χ3v) is 15.2. The van der Waals surface area contributed by atoms with Gasteiger partial charge in [-0.15, -0.1) is 0 Å². The molecular formula is C63H125NO5. The highest BCUT2D eigenvalue weighted by Crippen LogP contribution is 2.19. The molecule has 1 amide bonds. The standard InChI is InChI=1S/C63H125NO5/c1-3-5-7-9-11-13-15-17-33-37-41-45-49-53-57-63(68)69-58-54-50-46-42-38-34-30-28-26-24-22-20-18-19-21-23-25-27-29-32-36-40-44-48-52-56-62(67)64-60(59-65)61(66)55-51-47-43-39-35-31-16-14-12-10-8-6-4-2/h60-61,65-66H,3-59H2,1-2H3,(H,64,67). The topological polar surface area (TPSA) is 95.9 Å². The first-order valence-electron chi connectivity index (χ1n) is 31.8. The van der Waals surface area contributed by atoms with Crippen molar-refractivity contribution < 1.29 is 24.5 Å². The molecule has 0 aromatic rings. The van der Waals surface area contributed by atoms with E-state index in [9.17, 15) is 19.8 Å². The average Bonchev–Trinajstić information content (AvgIpc) is 3.35. The monoisotopic (exact) mass is 976 g/mol. The lowest BCUT2D eigenvalue weighted by atomic mass is 10.0. The summed E-state index contributed by atoms with van der Waals surface area (Å²) in [5, 5.41) is 23.3. The lowest BCUT2D eigenvalue weighted by molar-refractivity contribution is -0.143. The van der Waals surface area contributed by atoms with E-state index in [1.54, 1.807) is 0 Å². The molecule has 0 aliphatic carbocycles. The number of rotatable bonds is 60. The van der Waals surface area contributed by atoms with Crippen molar-refractivity contribution in [2.45, 2.75) is 379 Å². The van der Waals surface area contributed by atoms with Gasteiger partial charge in [0.05, 0.1) is 25.4 Å². The van der Waals surface area contributed by atoms with Crippen LogP contribution < -0.4 is 5.32 Å². The summed E-state index contributed by atoms with van der Waals surface area (Å²) in [7, 11) is 0. The molecule has 0 aliphatic rings. The SMILES string of the molecule is CCCCCCCCCCCCCCCCC(=O)OCCCCCCCCCCCCCCCCCCCCCCCCCCCC(=O)NC(CO)C(O)CCCCCCCCCCCCCCC. The van der Waals surface area contributed by atoms with Crippen LogP contribution in [0.5, 0.6) is 0 Å². The molecular weight excluding hydrogens is 851 g/mol. The lowest BCUT2D eigenvalue weighted by Crippen LogP contribution is -2.45. The summed E-state index contributed by atoms with van der Waals surface area (Å²) in [4.78, 5) is 24.5. The van der Waals surface area contributed by atoms with Crippen LogP contribution in [0.2, 0.25) is 0 Å². The molecule has 3 N–H and O–H groups in total. The van der Waals surface area contributed by atoms with E-state index >= 15 is 0 Å². The summed E-state index contributed by atoms with van der Waals surface area (Å²) in [5.41, 5.74) is 0. The van der Waals surface area contributed by atoms with E-state index in [4.69, 9.17) is 4.74 Å². The van der Waals surface area contributed by atoms with Crippen molar-refractivity contribution in [2.24, 2.45) is 0 Å². The molecule has 0 spiro atoms. The Balaban J connectivity index is 3.33. The van der Waals surface area contributed by atoms with Crippen LogP contribution in [0.1, 0.15) is 367 Å². The van der Waals surface area contributed by atoms with Crippen molar-refractivity contribution in [1.29, 1.82) is 0 Å². The smallest absolute Gasteiger partial charge is 0.305 e. The van der Waals surface area contributed by atoms with Gasteiger partial charge in [0, 0.05) is 12.8 Å². The first-order chi connectivity index (χ1) is 34.0. The van der Waals surface area contributed by atoms with Crippen LogP contribution in [-0.2, 0) is 14.3 Å². The number of unbranched alkanes of at least 4 members (excludes halogenated alkanes) is 49. The maximum atomic E-state index is 12.5. The number of hydrogen-bond donors (Lipinski definition) is 3. The summed E-state index contributed by atoms with van der Waals surface area (Å²) in [6, 6.07) is -0.538. The van der Waals surface area contributed by atoms with Gasteiger partial charge in [0.2, 0.25) is 5.91 Å². The molecule has 0 saturated heterocycles. The van der Waals surface area contributed by atoms with Crippen molar-refractivity contribution in [1.82, 2.24) is 5.32 Å². The largest absolute Gasteiger partial charge is 0.466 e.